The van der Waals surface area contributed by atoms with E-state index in [-0.39, 0.29) is 24.1 Å². The Morgan fingerprint density at radius 1 is 1.02 bits per heavy atom. The van der Waals surface area contributed by atoms with Crippen LogP contribution in [0.2, 0.25) is 0 Å². The molecule has 2 aromatic carbocycles. The number of allylic oxidation sites excluding steroid dienone is 2. The monoisotopic (exact) mass is 839 g/mol. The van der Waals surface area contributed by atoms with Crippen molar-refractivity contribution in [1.29, 1.82) is 0 Å². The third-order valence-corrected chi connectivity index (χ3v) is 9.51. The number of nitrogens with zero attached hydrogens (tertiary/aromatic N) is 4. The van der Waals surface area contributed by atoms with Gasteiger partial charge >= 0.3 is 0 Å². The summed E-state index contributed by atoms with van der Waals surface area (Å²) < 4.78 is 122. The number of aromatic nitrogens is 4. The van der Waals surface area contributed by atoms with Crippen LogP contribution >= 0.6 is 11.3 Å². The lowest BCUT2D eigenvalue weighted by Gasteiger charge is -2.33. The Labute approximate surface area is 328 Å². The Bertz CT molecular complexity index is 2360. The number of aryl methyl sites for hydroxylation is 1. The lowest BCUT2D eigenvalue weighted by Crippen LogP contribution is -2.46. The van der Waals surface area contributed by atoms with Crippen LogP contribution in [0.4, 0.5) is 50.5 Å². The number of alkyl halides is 6. The Kier molecular flexibility index (Phi) is 13.1. The minimum Gasteiger partial charge on any atom is -0.397 e. The second kappa shape index (κ2) is 17.7. The van der Waals surface area contributed by atoms with Gasteiger partial charge in [0.2, 0.25) is 6.41 Å². The van der Waals surface area contributed by atoms with Crippen LogP contribution in [0.15, 0.2) is 64.8 Å². The van der Waals surface area contributed by atoms with Gasteiger partial charge in [0, 0.05) is 49.8 Å². The summed E-state index contributed by atoms with van der Waals surface area (Å²) in [6, 6.07) is 9.84. The van der Waals surface area contributed by atoms with Crippen LogP contribution < -0.4 is 21.7 Å². The second-order valence-electron chi connectivity index (χ2n) is 12.8. The molecule has 3 heterocycles. The van der Waals surface area contributed by atoms with Crippen LogP contribution in [-0.2, 0) is 11.2 Å². The summed E-state index contributed by atoms with van der Waals surface area (Å²) >= 11 is 1.29. The van der Waals surface area contributed by atoms with Crippen molar-refractivity contribution in [3.05, 3.63) is 99.8 Å². The van der Waals surface area contributed by atoms with Gasteiger partial charge in [-0.3, -0.25) is 19.7 Å². The number of thiazole rings is 1. The van der Waals surface area contributed by atoms with Gasteiger partial charge in [0.25, 0.3) is 24.2 Å². The van der Waals surface area contributed by atoms with Crippen molar-refractivity contribution in [3.8, 4) is 11.1 Å². The molecule has 0 spiro atoms. The number of pyridine rings is 1. The minimum absolute atomic E-state index is 0.00971. The molecule has 58 heavy (non-hydrogen) atoms. The van der Waals surface area contributed by atoms with E-state index in [1.54, 1.807) is 12.1 Å². The molecule has 1 atom stereocenters. The summed E-state index contributed by atoms with van der Waals surface area (Å²) in [5.41, 5.74) is 2.99. The number of H-pyrrole nitrogens is 1. The zero-order valence-electron chi connectivity index (χ0n) is 30.7. The molecule has 0 bridgehead atoms. The maximum atomic E-state index is 14.5. The largest absolute Gasteiger partial charge is 0.397 e. The highest BCUT2D eigenvalue weighted by Gasteiger charge is 2.55. The zero-order chi connectivity index (χ0) is 42.5. The van der Waals surface area contributed by atoms with E-state index in [9.17, 15) is 49.1 Å². The fraction of sp³-hybridized carbons (Fsp3) is 0.297. The third kappa shape index (κ3) is 9.75. The van der Waals surface area contributed by atoms with Gasteiger partial charge in [-0.2, -0.15) is 18.9 Å². The Hall–Kier alpha value is -5.99. The number of rotatable bonds is 11. The van der Waals surface area contributed by atoms with Gasteiger partial charge in [0.15, 0.2) is 16.6 Å². The number of amides is 2. The molecule has 0 radical (unpaired) electrons. The number of carbonyl (C=O) groups excluding carboxylic acids is 2. The van der Waals surface area contributed by atoms with E-state index in [1.807, 2.05) is 6.92 Å². The number of aromatic amines is 1. The fourth-order valence-corrected chi connectivity index (χ4v) is 6.88. The SMILES string of the molecule is CCN=C1/C(=C(\N)C(F)F)C(F)(F)CCC1(F)F.CNC(=O)c1cc(-c2cc3sc(Nc4cc(C)[nH]n4)nc3nc2C(Cc2cc(F)cc(F)c2)NC=O)ccc1F. The van der Waals surface area contributed by atoms with Crippen molar-refractivity contribution in [2.75, 3.05) is 18.9 Å². The number of aliphatic imine (C=N–C) groups is 1. The summed E-state index contributed by atoms with van der Waals surface area (Å²) in [7, 11) is 1.39. The van der Waals surface area contributed by atoms with Crippen molar-refractivity contribution >= 4 is 50.7 Å². The molecule has 6 rings (SSSR count). The van der Waals surface area contributed by atoms with Gasteiger partial charge in [0.1, 0.15) is 23.2 Å². The van der Waals surface area contributed by atoms with Crippen molar-refractivity contribution in [2.45, 2.75) is 57.4 Å². The van der Waals surface area contributed by atoms with E-state index in [2.05, 4.69) is 36.1 Å². The molecule has 3 aromatic heterocycles. The minimum atomic E-state index is -3.81. The number of fused-ring (bicyclic) bond motifs is 1. The van der Waals surface area contributed by atoms with Gasteiger partial charge in [-0.05, 0) is 61.7 Å². The smallest absolute Gasteiger partial charge is 0.290 e. The van der Waals surface area contributed by atoms with E-state index >= 15 is 0 Å². The van der Waals surface area contributed by atoms with E-state index in [0.29, 0.717) is 44.5 Å². The number of nitrogens with one attached hydrogen (secondary N) is 4. The summed E-state index contributed by atoms with van der Waals surface area (Å²) in [4.78, 5) is 36.5. The number of anilines is 2. The van der Waals surface area contributed by atoms with Gasteiger partial charge < -0.3 is 21.7 Å². The van der Waals surface area contributed by atoms with Crippen molar-refractivity contribution in [2.24, 2.45) is 10.7 Å². The van der Waals surface area contributed by atoms with Gasteiger partial charge in [-0.15, -0.1) is 0 Å². The number of halogens is 9. The van der Waals surface area contributed by atoms with Crippen LogP contribution in [0.1, 0.15) is 53.1 Å². The van der Waals surface area contributed by atoms with Crippen LogP contribution in [-0.4, -0.2) is 70.1 Å². The van der Waals surface area contributed by atoms with Crippen LogP contribution in [0.5, 0.6) is 0 Å². The number of hydrogen-bond acceptors (Lipinski definition) is 9. The third-order valence-electron chi connectivity index (χ3n) is 8.61. The quantitative estimate of drug-likeness (QED) is 0.0667. The van der Waals surface area contributed by atoms with Gasteiger partial charge in [0.05, 0.1) is 33.3 Å². The van der Waals surface area contributed by atoms with Crippen LogP contribution in [0.3, 0.4) is 0 Å². The lowest BCUT2D eigenvalue weighted by atomic mass is 9.85. The van der Waals surface area contributed by atoms with E-state index in [0.717, 1.165) is 17.8 Å². The highest BCUT2D eigenvalue weighted by atomic mass is 32.1. The average Bonchev–Trinajstić information content (AvgIpc) is 3.76. The molecule has 1 aliphatic carbocycles. The number of hydrogen-bond donors (Lipinski definition) is 5. The maximum Gasteiger partial charge on any atom is 0.290 e. The van der Waals surface area contributed by atoms with Gasteiger partial charge in [-0.1, -0.05) is 17.4 Å². The molecule has 1 saturated carbocycles. The Morgan fingerprint density at radius 3 is 2.31 bits per heavy atom. The number of nitrogens with two attached hydrogens (primary N) is 1. The molecule has 21 heteroatoms. The van der Waals surface area contributed by atoms with Crippen LogP contribution in [0.25, 0.3) is 21.5 Å². The first kappa shape index (κ1) is 43.1. The molecule has 0 saturated heterocycles. The first-order valence-corrected chi connectivity index (χ1v) is 18.0. The predicted molar refractivity (Wildman–Crippen MR) is 199 cm³/mol. The normalized spacial score (nSPS) is 16.7. The van der Waals surface area contributed by atoms with Crippen molar-refractivity contribution in [1.82, 2.24) is 30.8 Å². The molecule has 1 fully saturated rings. The van der Waals surface area contributed by atoms with E-state index in [4.69, 9.17) is 10.7 Å². The molecular formula is C37H34F9N9O2S. The van der Waals surface area contributed by atoms with Crippen molar-refractivity contribution < 1.29 is 49.1 Å². The molecule has 1 aliphatic rings. The van der Waals surface area contributed by atoms with Gasteiger partial charge in [-0.25, -0.2) is 35.7 Å². The summed E-state index contributed by atoms with van der Waals surface area (Å²) in [5.74, 6) is -9.77. The second-order valence-corrected chi connectivity index (χ2v) is 13.8. The standard InChI is InChI=1S/C27H22F3N7O2S.C10H12F6N2/c1-13-5-23(37-36-13)33-27-35-25-22(40-27)11-18(15-3-4-20(30)19(9-15)26(39)31-2)24(34-25)21(32-12-38)8-14-6-16(28)10-17(29)7-14;1-2-18-7-5(6(17)8(11)12)9(13,14)3-4-10(7,15)16/h3-7,9-12,21H,8H2,1-2H3,(H,31,39)(H,32,38)(H2,33,34,35,36,37);8H,2-4,17H2,1H3/b;6-5+,18-7?. The summed E-state index contributed by atoms with van der Waals surface area (Å²) in [5, 5.41) is 15.7. The summed E-state index contributed by atoms with van der Waals surface area (Å²) in [6.07, 6.45) is -5.35. The molecule has 1 unspecified atom stereocenters. The molecule has 11 nitrogen and oxygen atoms in total. The number of carbonyl (C=O) groups is 2. The van der Waals surface area contributed by atoms with E-state index < -0.39 is 77.5 Å². The highest BCUT2D eigenvalue weighted by molar-refractivity contribution is 7.22. The molecule has 6 N–H and O–H groups in total. The fourth-order valence-electron chi connectivity index (χ4n) is 6.03. The number of benzene rings is 2. The molecule has 0 aliphatic heterocycles. The topological polar surface area (TPSA) is 163 Å². The molecule has 308 valence electrons. The average molecular weight is 840 g/mol. The first-order valence-electron chi connectivity index (χ1n) is 17.2. The van der Waals surface area contributed by atoms with Crippen LogP contribution in [0, 0.1) is 24.4 Å². The zero-order valence-corrected chi connectivity index (χ0v) is 31.5. The highest BCUT2D eigenvalue weighted by Crippen LogP contribution is 2.45. The lowest BCUT2D eigenvalue weighted by molar-refractivity contribution is -0.110. The maximum absolute atomic E-state index is 14.5. The molecule has 2 amide bonds. The van der Waals surface area contributed by atoms with E-state index in [1.165, 1.54) is 49.6 Å². The molecular weight excluding hydrogens is 806 g/mol. The molecule has 5 aromatic rings. The van der Waals surface area contributed by atoms with Crippen molar-refractivity contribution in [3.63, 3.8) is 0 Å². The predicted octanol–water partition coefficient (Wildman–Crippen LogP) is 7.93. The summed E-state index contributed by atoms with van der Waals surface area (Å²) in [6.45, 7) is 2.98. The Balaban J connectivity index is 0.000000299. The first-order chi connectivity index (χ1) is 27.4. The Morgan fingerprint density at radius 2 is 1.71 bits per heavy atom.